The van der Waals surface area contributed by atoms with Crippen LogP contribution in [0.2, 0.25) is 0 Å². The van der Waals surface area contributed by atoms with Crippen LogP contribution in [0.15, 0.2) is 89.8 Å². The number of esters is 1. The molecule has 1 fully saturated rings. The minimum Gasteiger partial charge on any atom is -0.465 e. The molecule has 8 nitrogen and oxygen atoms in total. The molecule has 1 unspecified atom stereocenters. The van der Waals surface area contributed by atoms with Crippen molar-refractivity contribution in [2.75, 3.05) is 19.7 Å². The Labute approximate surface area is 322 Å². The molecule has 1 aromatic heterocycles. The van der Waals surface area contributed by atoms with Gasteiger partial charge in [0.1, 0.15) is 17.9 Å². The number of aromatic nitrogens is 2. The number of halogens is 5. The first-order valence-electron chi connectivity index (χ1n) is 18.8. The second kappa shape index (κ2) is 16.9. The fraction of sp³-hybridized carbons (Fsp3) is 0.395. The van der Waals surface area contributed by atoms with Gasteiger partial charge in [-0.15, -0.1) is 0 Å². The van der Waals surface area contributed by atoms with Gasteiger partial charge in [-0.05, 0) is 86.9 Å². The summed E-state index contributed by atoms with van der Waals surface area (Å²) in [5.41, 5.74) is 1.47. The number of para-hydroxylation sites is 1. The Kier molecular flexibility index (Phi) is 12.2. The molecule has 296 valence electrons. The lowest BCUT2D eigenvalue weighted by Gasteiger charge is -2.44. The van der Waals surface area contributed by atoms with Crippen LogP contribution in [0.3, 0.4) is 0 Å². The molecule has 6 rings (SSSR count). The van der Waals surface area contributed by atoms with Gasteiger partial charge in [0.2, 0.25) is 5.91 Å². The standard InChI is InChI=1S/C43H45F5N4O4/c1-4-56-41(55)42(2,3)50-24-22-33(23-25-50)51(26-28-12-14-29(15-13-28)30-16-19-32(20-17-30)43(46,47)48)38(53)27-52-36-11-6-5-9-34(36)40(54)49-37(52)21-18-31-8-7-10-35(44)39(31)45/h5-17,19,32-33H,4,18,20-27H2,1-3H3. The Balaban J connectivity index is 1.29. The van der Waals surface area contributed by atoms with E-state index in [1.54, 1.807) is 46.7 Å². The number of alkyl halides is 3. The van der Waals surface area contributed by atoms with E-state index < -0.39 is 34.8 Å². The summed E-state index contributed by atoms with van der Waals surface area (Å²) >= 11 is 0. The van der Waals surface area contributed by atoms with Crippen molar-refractivity contribution in [3.63, 3.8) is 0 Å². The van der Waals surface area contributed by atoms with Crippen LogP contribution in [0.4, 0.5) is 22.0 Å². The minimum atomic E-state index is -4.30. The second-order valence-electron chi connectivity index (χ2n) is 14.8. The van der Waals surface area contributed by atoms with E-state index in [-0.39, 0.29) is 68.3 Å². The summed E-state index contributed by atoms with van der Waals surface area (Å²) in [6.07, 6.45) is 1.01. The number of carbonyl (C=O) groups excluding carboxylic acids is 2. The highest BCUT2D eigenvalue weighted by Gasteiger charge is 2.40. The van der Waals surface area contributed by atoms with Gasteiger partial charge in [0.25, 0.3) is 5.56 Å². The first-order chi connectivity index (χ1) is 26.7. The van der Waals surface area contributed by atoms with E-state index in [4.69, 9.17) is 4.74 Å². The number of allylic oxidation sites excluding steroid dienone is 4. The maximum Gasteiger partial charge on any atom is 0.395 e. The monoisotopic (exact) mass is 776 g/mol. The third kappa shape index (κ3) is 8.93. The number of amides is 1. The fourth-order valence-electron chi connectivity index (χ4n) is 7.52. The molecule has 56 heavy (non-hydrogen) atoms. The van der Waals surface area contributed by atoms with Crippen LogP contribution in [0.5, 0.6) is 0 Å². The first kappa shape index (κ1) is 40.5. The fourth-order valence-corrected chi connectivity index (χ4v) is 7.52. The molecule has 4 aromatic rings. The molecule has 0 spiro atoms. The van der Waals surface area contributed by atoms with Crippen molar-refractivity contribution in [1.29, 1.82) is 0 Å². The van der Waals surface area contributed by atoms with Gasteiger partial charge in [-0.3, -0.25) is 19.3 Å². The SMILES string of the molecule is CCOC(=O)C(C)(C)N1CCC(N(Cc2ccc(C3=CCC(C(F)(F)F)C=C3)cc2)C(=O)Cn2c(CCc3cccc(F)c3F)nc(=O)c3ccccc32)CC1. The molecule has 1 atom stereocenters. The number of hydrogen-bond acceptors (Lipinski definition) is 6. The van der Waals surface area contributed by atoms with E-state index >= 15 is 0 Å². The number of likely N-dealkylation sites (tertiary alicyclic amines) is 1. The summed E-state index contributed by atoms with van der Waals surface area (Å²) in [4.78, 5) is 48.8. The lowest BCUT2D eigenvalue weighted by atomic mass is 9.92. The number of hydrogen-bond donors (Lipinski definition) is 0. The molecule has 13 heteroatoms. The molecule has 1 saturated heterocycles. The van der Waals surface area contributed by atoms with Crippen molar-refractivity contribution in [3.8, 4) is 0 Å². The second-order valence-corrected chi connectivity index (χ2v) is 14.8. The number of nitrogens with zero attached hydrogens (tertiary/aromatic N) is 4. The number of piperidine rings is 1. The lowest BCUT2D eigenvalue weighted by molar-refractivity contribution is -0.160. The van der Waals surface area contributed by atoms with Gasteiger partial charge in [0.15, 0.2) is 11.6 Å². The zero-order chi connectivity index (χ0) is 40.2. The smallest absolute Gasteiger partial charge is 0.395 e. The van der Waals surface area contributed by atoms with E-state index in [2.05, 4.69) is 9.88 Å². The van der Waals surface area contributed by atoms with Crippen LogP contribution in [0, 0.1) is 17.6 Å². The quantitative estimate of drug-likeness (QED) is 0.108. The zero-order valence-electron chi connectivity index (χ0n) is 31.6. The van der Waals surface area contributed by atoms with Gasteiger partial charge in [-0.1, -0.05) is 66.8 Å². The first-order valence-corrected chi connectivity index (χ1v) is 18.8. The van der Waals surface area contributed by atoms with Crippen LogP contribution >= 0.6 is 0 Å². The summed E-state index contributed by atoms with van der Waals surface area (Å²) in [5, 5.41) is 0.310. The summed E-state index contributed by atoms with van der Waals surface area (Å²) in [6.45, 7) is 6.72. The summed E-state index contributed by atoms with van der Waals surface area (Å²) in [5.74, 6) is -3.81. The van der Waals surface area contributed by atoms with Gasteiger partial charge < -0.3 is 14.2 Å². The van der Waals surface area contributed by atoms with Gasteiger partial charge in [-0.25, -0.2) is 8.78 Å². The largest absolute Gasteiger partial charge is 0.465 e. The third-order valence-corrected chi connectivity index (χ3v) is 10.9. The molecule has 2 heterocycles. The van der Waals surface area contributed by atoms with Crippen molar-refractivity contribution >= 4 is 28.4 Å². The van der Waals surface area contributed by atoms with Crippen LogP contribution < -0.4 is 5.56 Å². The molecule has 0 radical (unpaired) electrons. The summed E-state index contributed by atoms with van der Waals surface area (Å²) in [7, 11) is 0. The number of fused-ring (bicyclic) bond motifs is 1. The highest BCUT2D eigenvalue weighted by atomic mass is 19.4. The number of aryl methyl sites for hydroxylation is 2. The Bertz CT molecular complexity index is 2190. The van der Waals surface area contributed by atoms with Crippen molar-refractivity contribution in [3.05, 3.63) is 129 Å². The highest BCUT2D eigenvalue weighted by molar-refractivity contribution is 5.82. The molecule has 0 N–H and O–H groups in total. The lowest BCUT2D eigenvalue weighted by Crippen LogP contribution is -2.56. The highest BCUT2D eigenvalue weighted by Crippen LogP contribution is 2.35. The number of ether oxygens (including phenoxy) is 1. The molecular weight excluding hydrogens is 731 g/mol. The van der Waals surface area contributed by atoms with E-state index in [9.17, 15) is 36.3 Å². The summed E-state index contributed by atoms with van der Waals surface area (Å²) in [6, 6.07) is 17.8. The molecule has 3 aromatic carbocycles. The van der Waals surface area contributed by atoms with Gasteiger partial charge in [0, 0.05) is 32.1 Å². The maximum absolute atomic E-state index is 14.7. The molecule has 2 aliphatic rings. The zero-order valence-corrected chi connectivity index (χ0v) is 31.6. The Morgan fingerprint density at radius 2 is 1.66 bits per heavy atom. The number of rotatable bonds is 12. The Morgan fingerprint density at radius 3 is 2.32 bits per heavy atom. The molecular formula is C43H45F5N4O4. The van der Waals surface area contributed by atoms with E-state index in [1.807, 2.05) is 38.1 Å². The molecule has 0 saturated carbocycles. The number of benzene rings is 3. The Morgan fingerprint density at radius 1 is 0.946 bits per heavy atom. The predicted molar refractivity (Wildman–Crippen MR) is 203 cm³/mol. The number of carbonyl (C=O) groups is 2. The van der Waals surface area contributed by atoms with Crippen molar-refractivity contribution in [2.45, 2.75) is 83.7 Å². The van der Waals surface area contributed by atoms with Gasteiger partial charge in [-0.2, -0.15) is 18.2 Å². The predicted octanol–water partition coefficient (Wildman–Crippen LogP) is 7.82. The topological polar surface area (TPSA) is 84.7 Å². The molecule has 1 amide bonds. The normalized spacial score (nSPS) is 16.9. The van der Waals surface area contributed by atoms with Crippen LogP contribution in [0.25, 0.3) is 16.5 Å². The molecule has 1 aliphatic heterocycles. The summed E-state index contributed by atoms with van der Waals surface area (Å²) < 4.78 is 75.3. The van der Waals surface area contributed by atoms with Crippen molar-refractivity contribution in [1.82, 2.24) is 19.4 Å². The van der Waals surface area contributed by atoms with Crippen LogP contribution in [0.1, 0.15) is 62.5 Å². The van der Waals surface area contributed by atoms with Crippen LogP contribution in [-0.4, -0.2) is 68.7 Å². The van der Waals surface area contributed by atoms with E-state index in [0.717, 1.165) is 17.2 Å². The van der Waals surface area contributed by atoms with E-state index in [1.165, 1.54) is 24.3 Å². The average Bonchev–Trinajstić information content (AvgIpc) is 3.19. The van der Waals surface area contributed by atoms with Gasteiger partial charge >= 0.3 is 12.1 Å². The van der Waals surface area contributed by atoms with Gasteiger partial charge in [0.05, 0.1) is 23.4 Å². The average molecular weight is 777 g/mol. The maximum atomic E-state index is 14.7. The molecule has 0 bridgehead atoms. The van der Waals surface area contributed by atoms with Crippen molar-refractivity contribution < 1.29 is 36.3 Å². The Hall–Kier alpha value is -5.17. The third-order valence-electron chi connectivity index (χ3n) is 10.9. The van der Waals surface area contributed by atoms with E-state index in [0.29, 0.717) is 42.4 Å². The minimum absolute atomic E-state index is 0.0375. The van der Waals surface area contributed by atoms with Crippen LogP contribution in [-0.2, 0) is 40.3 Å². The molecule has 1 aliphatic carbocycles. The van der Waals surface area contributed by atoms with Crippen molar-refractivity contribution in [2.24, 2.45) is 5.92 Å².